The lowest BCUT2D eigenvalue weighted by Crippen LogP contribution is -2.34. The van der Waals surface area contributed by atoms with E-state index < -0.39 is 0 Å². The lowest BCUT2D eigenvalue weighted by Gasteiger charge is -2.16. The fraction of sp³-hybridized carbons (Fsp3) is 0.182. The van der Waals surface area contributed by atoms with E-state index in [9.17, 15) is 9.59 Å². The summed E-state index contributed by atoms with van der Waals surface area (Å²) >= 11 is 4.55. The van der Waals surface area contributed by atoms with Crippen molar-refractivity contribution in [2.24, 2.45) is 0 Å². The lowest BCUT2D eigenvalue weighted by atomic mass is 10.1. The summed E-state index contributed by atoms with van der Waals surface area (Å²) in [7, 11) is 0. The number of fused-ring (bicyclic) bond motifs is 1. The van der Waals surface area contributed by atoms with Gasteiger partial charge in [0.1, 0.15) is 0 Å². The number of amides is 2. The van der Waals surface area contributed by atoms with E-state index in [1.165, 1.54) is 10.5 Å². The number of imide groups is 1. The molecule has 4 nitrogen and oxygen atoms in total. The zero-order chi connectivity index (χ0) is 19.8. The Balaban J connectivity index is 1.78. The number of nitrogens with zero attached hydrogens (tertiary/aromatic N) is 2. The molecule has 0 bridgehead atoms. The van der Waals surface area contributed by atoms with Crippen LogP contribution in [0.3, 0.4) is 0 Å². The fourth-order valence-corrected chi connectivity index (χ4v) is 4.70. The molecule has 6 heteroatoms. The zero-order valence-corrected chi connectivity index (χ0v) is 18.0. The van der Waals surface area contributed by atoms with Crippen LogP contribution in [-0.4, -0.2) is 26.7 Å². The molecule has 1 aliphatic rings. The minimum atomic E-state index is -0.219. The van der Waals surface area contributed by atoms with E-state index in [-0.39, 0.29) is 17.2 Å². The maximum absolute atomic E-state index is 12.7. The van der Waals surface area contributed by atoms with Crippen molar-refractivity contribution in [1.82, 2.24) is 9.47 Å². The molecule has 2 heterocycles. The maximum atomic E-state index is 12.7. The zero-order valence-electron chi connectivity index (χ0n) is 15.6. The minimum Gasteiger partial charge on any atom is -0.342 e. The number of halogens is 1. The monoisotopic (exact) mass is 454 g/mol. The summed E-state index contributed by atoms with van der Waals surface area (Å²) in [5.74, 6) is -0.219. The number of aromatic nitrogens is 1. The van der Waals surface area contributed by atoms with Crippen molar-refractivity contribution in [2.75, 3.05) is 0 Å². The smallest absolute Gasteiger partial charge is 0.293 e. The average molecular weight is 455 g/mol. The van der Waals surface area contributed by atoms with Gasteiger partial charge in [-0.1, -0.05) is 46.3 Å². The summed E-state index contributed by atoms with van der Waals surface area (Å²) in [6, 6.07) is 16.2. The van der Waals surface area contributed by atoms with Crippen LogP contribution < -0.4 is 0 Å². The van der Waals surface area contributed by atoms with Crippen molar-refractivity contribution < 1.29 is 9.59 Å². The number of benzene rings is 2. The van der Waals surface area contributed by atoms with Crippen LogP contribution in [0.25, 0.3) is 17.0 Å². The van der Waals surface area contributed by atoms with E-state index in [2.05, 4.69) is 44.8 Å². The van der Waals surface area contributed by atoms with Crippen molar-refractivity contribution in [3.05, 3.63) is 75.2 Å². The molecule has 28 heavy (non-hydrogen) atoms. The van der Waals surface area contributed by atoms with Crippen LogP contribution in [0.4, 0.5) is 4.79 Å². The fourth-order valence-electron chi connectivity index (χ4n) is 3.39. The first-order valence-electron chi connectivity index (χ1n) is 9.03. The number of hydrogen-bond donors (Lipinski definition) is 0. The Labute approximate surface area is 176 Å². The van der Waals surface area contributed by atoms with Crippen LogP contribution in [0.5, 0.6) is 0 Å². The maximum Gasteiger partial charge on any atom is 0.293 e. The van der Waals surface area contributed by atoms with Gasteiger partial charge >= 0.3 is 0 Å². The molecule has 1 fully saturated rings. The molecule has 142 valence electrons. The van der Waals surface area contributed by atoms with Crippen LogP contribution in [0, 0.1) is 0 Å². The first-order valence-corrected chi connectivity index (χ1v) is 10.6. The van der Waals surface area contributed by atoms with Crippen LogP contribution in [0.1, 0.15) is 25.0 Å². The van der Waals surface area contributed by atoms with E-state index in [1.807, 2.05) is 50.4 Å². The van der Waals surface area contributed by atoms with E-state index in [1.54, 1.807) is 0 Å². The second kappa shape index (κ2) is 7.60. The topological polar surface area (TPSA) is 42.3 Å². The second-order valence-corrected chi connectivity index (χ2v) is 8.91. The molecule has 2 aromatic carbocycles. The van der Waals surface area contributed by atoms with Crippen molar-refractivity contribution in [3.8, 4) is 0 Å². The first-order chi connectivity index (χ1) is 13.4. The summed E-state index contributed by atoms with van der Waals surface area (Å²) in [5, 5.41) is 0.835. The van der Waals surface area contributed by atoms with Gasteiger partial charge < -0.3 is 4.57 Å². The van der Waals surface area contributed by atoms with E-state index in [4.69, 9.17) is 0 Å². The second-order valence-electron chi connectivity index (χ2n) is 7.00. The summed E-state index contributed by atoms with van der Waals surface area (Å²) < 4.78 is 3.15. The van der Waals surface area contributed by atoms with Gasteiger partial charge in [-0.05, 0) is 55.4 Å². The Morgan fingerprint density at radius 2 is 1.86 bits per heavy atom. The molecule has 2 amide bonds. The van der Waals surface area contributed by atoms with Gasteiger partial charge in [0.05, 0.1) is 4.91 Å². The predicted octanol–water partition coefficient (Wildman–Crippen LogP) is 5.90. The number of rotatable bonds is 4. The normalized spacial score (nSPS) is 16.1. The number of carbonyl (C=O) groups is 2. The Bertz CT molecular complexity index is 1100. The summed E-state index contributed by atoms with van der Waals surface area (Å²) in [4.78, 5) is 26.7. The highest BCUT2D eigenvalue weighted by Crippen LogP contribution is 2.35. The van der Waals surface area contributed by atoms with Gasteiger partial charge in [-0.15, -0.1) is 0 Å². The van der Waals surface area contributed by atoms with Crippen molar-refractivity contribution >= 4 is 55.8 Å². The summed E-state index contributed by atoms with van der Waals surface area (Å²) in [5.41, 5.74) is 3.22. The quantitative estimate of drug-likeness (QED) is 0.461. The molecular formula is C22H19BrN2O2S. The third kappa shape index (κ3) is 3.54. The molecule has 0 N–H and O–H groups in total. The van der Waals surface area contributed by atoms with Crippen LogP contribution >= 0.6 is 27.7 Å². The molecule has 3 aromatic rings. The van der Waals surface area contributed by atoms with Gasteiger partial charge in [0.15, 0.2) is 0 Å². The van der Waals surface area contributed by atoms with Gasteiger partial charge in [-0.2, -0.15) is 0 Å². The summed E-state index contributed by atoms with van der Waals surface area (Å²) in [6.07, 6.45) is 3.89. The third-order valence-electron chi connectivity index (χ3n) is 4.70. The highest BCUT2D eigenvalue weighted by molar-refractivity contribution is 9.10. The van der Waals surface area contributed by atoms with Crippen LogP contribution in [0.15, 0.2) is 64.1 Å². The lowest BCUT2D eigenvalue weighted by molar-refractivity contribution is -0.123. The van der Waals surface area contributed by atoms with Crippen molar-refractivity contribution in [2.45, 2.75) is 26.4 Å². The molecule has 0 radical (unpaired) electrons. The van der Waals surface area contributed by atoms with Crippen LogP contribution in [-0.2, 0) is 11.3 Å². The molecule has 0 aliphatic carbocycles. The Hall–Kier alpha value is -2.31. The highest BCUT2D eigenvalue weighted by Gasteiger charge is 2.36. The predicted molar refractivity (Wildman–Crippen MR) is 118 cm³/mol. The van der Waals surface area contributed by atoms with Gasteiger partial charge in [0.2, 0.25) is 0 Å². The Morgan fingerprint density at radius 3 is 2.54 bits per heavy atom. The van der Waals surface area contributed by atoms with Gasteiger partial charge in [0, 0.05) is 39.7 Å². The highest BCUT2D eigenvalue weighted by atomic mass is 79.9. The Morgan fingerprint density at radius 1 is 1.11 bits per heavy atom. The van der Waals surface area contributed by atoms with Gasteiger partial charge in [-0.3, -0.25) is 14.5 Å². The van der Waals surface area contributed by atoms with E-state index in [0.29, 0.717) is 4.91 Å². The molecule has 1 aliphatic heterocycles. The van der Waals surface area contributed by atoms with Crippen LogP contribution in [0.2, 0.25) is 0 Å². The summed E-state index contributed by atoms with van der Waals surface area (Å²) in [6.45, 7) is 4.44. The molecule has 0 atom stereocenters. The molecule has 4 rings (SSSR count). The largest absolute Gasteiger partial charge is 0.342 e. The average Bonchev–Trinajstić information content (AvgIpc) is 3.13. The molecule has 0 saturated carbocycles. The molecule has 0 unspecified atom stereocenters. The number of carbonyl (C=O) groups excluding carboxylic acids is 2. The SMILES string of the molecule is CC(C)N1C(=O)S/C(=C\c2cn(Cc3ccccc3)c3ccc(Br)cc23)C1=O. The van der Waals surface area contributed by atoms with E-state index >= 15 is 0 Å². The van der Waals surface area contributed by atoms with Crippen molar-refractivity contribution in [3.63, 3.8) is 0 Å². The van der Waals surface area contributed by atoms with Gasteiger partial charge in [-0.25, -0.2) is 0 Å². The Kier molecular flexibility index (Phi) is 5.17. The molecule has 1 saturated heterocycles. The van der Waals surface area contributed by atoms with Gasteiger partial charge in [0.25, 0.3) is 11.1 Å². The van der Waals surface area contributed by atoms with E-state index in [0.717, 1.165) is 39.2 Å². The first kappa shape index (κ1) is 19.0. The third-order valence-corrected chi connectivity index (χ3v) is 6.07. The molecule has 1 aromatic heterocycles. The molecular weight excluding hydrogens is 436 g/mol. The standard InChI is InChI=1S/C22H19BrN2O2S/c1-14(2)25-21(26)20(28-22(25)27)10-16-13-24(12-15-6-4-3-5-7-15)19-9-8-17(23)11-18(16)19/h3-11,13-14H,12H2,1-2H3/b20-10-. The minimum absolute atomic E-state index is 0.146. The number of hydrogen-bond acceptors (Lipinski definition) is 3. The molecule has 0 spiro atoms. The number of thioether (sulfide) groups is 1. The van der Waals surface area contributed by atoms with Crippen molar-refractivity contribution in [1.29, 1.82) is 0 Å².